The summed E-state index contributed by atoms with van der Waals surface area (Å²) in [4.78, 5) is 5.30. The summed E-state index contributed by atoms with van der Waals surface area (Å²) < 4.78 is 10.9. The fourth-order valence-electron chi connectivity index (χ4n) is 4.25. The molecule has 0 bridgehead atoms. The van der Waals surface area contributed by atoms with Crippen molar-refractivity contribution >= 4 is 0 Å². The predicted molar refractivity (Wildman–Crippen MR) is 97.8 cm³/mol. The van der Waals surface area contributed by atoms with Gasteiger partial charge in [-0.05, 0) is 69.4 Å². The number of methoxy groups -OCH3 is 2. The van der Waals surface area contributed by atoms with Crippen molar-refractivity contribution in [3.63, 3.8) is 0 Å². The topological polar surface area (TPSA) is 24.9 Å². The van der Waals surface area contributed by atoms with Crippen LogP contribution in [0.25, 0.3) is 0 Å². The molecule has 0 amide bonds. The van der Waals surface area contributed by atoms with E-state index in [-0.39, 0.29) is 0 Å². The molecule has 0 saturated carbocycles. The van der Waals surface area contributed by atoms with E-state index in [1.807, 2.05) is 12.1 Å². The van der Waals surface area contributed by atoms with Crippen molar-refractivity contribution in [3.05, 3.63) is 23.8 Å². The maximum Gasteiger partial charge on any atom is 0.123 e. The van der Waals surface area contributed by atoms with Crippen LogP contribution in [0.4, 0.5) is 0 Å². The average molecular weight is 332 g/mol. The molecule has 1 aromatic carbocycles. The lowest BCUT2D eigenvalue weighted by Crippen LogP contribution is -2.47. The minimum Gasteiger partial charge on any atom is -0.497 e. The van der Waals surface area contributed by atoms with Crippen LogP contribution in [0, 0.1) is 5.92 Å². The Bertz CT molecular complexity index is 526. The molecule has 4 heteroatoms. The van der Waals surface area contributed by atoms with Crippen LogP contribution in [0.2, 0.25) is 0 Å². The van der Waals surface area contributed by atoms with Gasteiger partial charge in [-0.1, -0.05) is 6.92 Å². The lowest BCUT2D eigenvalue weighted by Gasteiger charge is -2.41. The van der Waals surface area contributed by atoms with Crippen molar-refractivity contribution in [1.82, 2.24) is 9.80 Å². The van der Waals surface area contributed by atoms with Gasteiger partial charge in [-0.2, -0.15) is 0 Å². The first kappa shape index (κ1) is 17.6. The van der Waals surface area contributed by atoms with Crippen LogP contribution in [-0.2, 0) is 6.54 Å². The van der Waals surface area contributed by atoms with Crippen LogP contribution in [0.15, 0.2) is 18.2 Å². The molecule has 0 N–H and O–H groups in total. The van der Waals surface area contributed by atoms with E-state index < -0.39 is 0 Å². The molecule has 4 nitrogen and oxygen atoms in total. The Morgan fingerprint density at radius 3 is 2.50 bits per heavy atom. The van der Waals surface area contributed by atoms with Gasteiger partial charge in [0.15, 0.2) is 0 Å². The van der Waals surface area contributed by atoms with Crippen molar-refractivity contribution in [2.45, 2.75) is 45.2 Å². The number of hydrogen-bond acceptors (Lipinski definition) is 4. The first-order valence-corrected chi connectivity index (χ1v) is 9.37. The van der Waals surface area contributed by atoms with Gasteiger partial charge in [0.05, 0.1) is 14.2 Å². The van der Waals surface area contributed by atoms with Crippen LogP contribution < -0.4 is 9.47 Å². The van der Waals surface area contributed by atoms with E-state index in [9.17, 15) is 0 Å². The standard InChI is InChI=1S/C20H32N2O2/c1-16-5-4-10-22(14-16)18-8-11-21(12-9-18)15-17-13-19(23-2)6-7-20(17)24-3/h6-7,13,16,18H,4-5,8-12,14-15H2,1-3H3/t16-/m1/s1. The highest BCUT2D eigenvalue weighted by atomic mass is 16.5. The molecular formula is C20H32N2O2. The Hall–Kier alpha value is -1.26. The molecule has 2 aliphatic rings. The highest BCUT2D eigenvalue weighted by Gasteiger charge is 2.27. The molecule has 0 spiro atoms. The third-order valence-corrected chi connectivity index (χ3v) is 5.64. The Morgan fingerprint density at radius 1 is 1.04 bits per heavy atom. The highest BCUT2D eigenvalue weighted by Crippen LogP contribution is 2.28. The van der Waals surface area contributed by atoms with E-state index in [0.717, 1.165) is 30.0 Å². The van der Waals surface area contributed by atoms with Gasteiger partial charge in [0.1, 0.15) is 11.5 Å². The highest BCUT2D eigenvalue weighted by molar-refractivity contribution is 5.40. The summed E-state index contributed by atoms with van der Waals surface area (Å²) in [7, 11) is 3.46. The van der Waals surface area contributed by atoms with Crippen LogP contribution >= 0.6 is 0 Å². The zero-order valence-electron chi connectivity index (χ0n) is 15.5. The maximum atomic E-state index is 5.52. The van der Waals surface area contributed by atoms with Gasteiger partial charge in [0, 0.05) is 24.7 Å². The normalized spacial score (nSPS) is 24.0. The molecule has 0 aromatic heterocycles. The Morgan fingerprint density at radius 2 is 1.83 bits per heavy atom. The minimum atomic E-state index is 0.788. The van der Waals surface area contributed by atoms with Crippen LogP contribution in [-0.4, -0.2) is 56.2 Å². The minimum absolute atomic E-state index is 0.788. The molecular weight excluding hydrogens is 300 g/mol. The van der Waals surface area contributed by atoms with Crippen molar-refractivity contribution < 1.29 is 9.47 Å². The lowest BCUT2D eigenvalue weighted by atomic mass is 9.95. The third kappa shape index (κ3) is 4.22. The molecule has 2 heterocycles. The second-order valence-electron chi connectivity index (χ2n) is 7.43. The lowest BCUT2D eigenvalue weighted by molar-refractivity contribution is 0.0726. The molecule has 3 rings (SSSR count). The quantitative estimate of drug-likeness (QED) is 0.825. The molecule has 0 aliphatic carbocycles. The van der Waals surface area contributed by atoms with Gasteiger partial charge in [-0.25, -0.2) is 0 Å². The largest absolute Gasteiger partial charge is 0.497 e. The molecule has 1 aromatic rings. The van der Waals surface area contributed by atoms with Crippen molar-refractivity contribution in [2.24, 2.45) is 5.92 Å². The monoisotopic (exact) mass is 332 g/mol. The van der Waals surface area contributed by atoms with Crippen LogP contribution in [0.1, 0.15) is 38.2 Å². The van der Waals surface area contributed by atoms with Crippen LogP contribution in [0.3, 0.4) is 0 Å². The molecule has 0 unspecified atom stereocenters. The Balaban J connectivity index is 1.55. The summed E-state index contributed by atoms with van der Waals surface area (Å²) in [5.74, 6) is 2.74. The van der Waals surface area contributed by atoms with Gasteiger partial charge in [-0.3, -0.25) is 4.90 Å². The molecule has 2 fully saturated rings. The summed E-state index contributed by atoms with van der Waals surface area (Å²) in [6.07, 6.45) is 5.37. The summed E-state index contributed by atoms with van der Waals surface area (Å²) in [5, 5.41) is 0. The van der Waals surface area contributed by atoms with Gasteiger partial charge in [0.25, 0.3) is 0 Å². The van der Waals surface area contributed by atoms with Crippen LogP contribution in [0.5, 0.6) is 11.5 Å². The molecule has 2 aliphatic heterocycles. The fraction of sp³-hybridized carbons (Fsp3) is 0.700. The molecule has 134 valence electrons. The first-order valence-electron chi connectivity index (χ1n) is 9.37. The number of likely N-dealkylation sites (tertiary alicyclic amines) is 2. The third-order valence-electron chi connectivity index (χ3n) is 5.64. The summed E-state index contributed by atoms with van der Waals surface area (Å²) in [6.45, 7) is 8.30. The first-order chi connectivity index (χ1) is 11.7. The van der Waals surface area contributed by atoms with Gasteiger partial charge < -0.3 is 14.4 Å². The second-order valence-corrected chi connectivity index (χ2v) is 7.43. The number of ether oxygens (including phenoxy) is 2. The summed E-state index contributed by atoms with van der Waals surface area (Å²) in [6, 6.07) is 6.87. The van der Waals surface area contributed by atoms with Crippen molar-refractivity contribution in [1.29, 1.82) is 0 Å². The molecule has 1 atom stereocenters. The second kappa shape index (κ2) is 8.21. The zero-order valence-corrected chi connectivity index (χ0v) is 15.5. The predicted octanol–water partition coefficient (Wildman–Crippen LogP) is 3.40. The SMILES string of the molecule is COc1ccc(OC)c(CN2CCC(N3CCC[C@@H](C)C3)CC2)c1. The molecule has 0 radical (unpaired) electrons. The van der Waals surface area contributed by atoms with Gasteiger partial charge in [-0.15, -0.1) is 0 Å². The average Bonchev–Trinajstić information content (AvgIpc) is 2.62. The van der Waals surface area contributed by atoms with E-state index in [2.05, 4.69) is 22.8 Å². The van der Waals surface area contributed by atoms with E-state index >= 15 is 0 Å². The van der Waals surface area contributed by atoms with E-state index in [0.29, 0.717) is 0 Å². The Kier molecular flexibility index (Phi) is 6.01. The smallest absolute Gasteiger partial charge is 0.123 e. The summed E-state index contributed by atoms with van der Waals surface area (Å²) >= 11 is 0. The van der Waals surface area contributed by atoms with Gasteiger partial charge in [0.2, 0.25) is 0 Å². The van der Waals surface area contributed by atoms with Crippen molar-refractivity contribution in [3.8, 4) is 11.5 Å². The molecule has 24 heavy (non-hydrogen) atoms. The van der Waals surface area contributed by atoms with Gasteiger partial charge >= 0.3 is 0 Å². The summed E-state index contributed by atoms with van der Waals surface area (Å²) in [5.41, 5.74) is 1.22. The fourth-order valence-corrected chi connectivity index (χ4v) is 4.25. The number of benzene rings is 1. The zero-order chi connectivity index (χ0) is 16.9. The van der Waals surface area contributed by atoms with E-state index in [4.69, 9.17) is 9.47 Å². The van der Waals surface area contributed by atoms with Crippen molar-refractivity contribution in [2.75, 3.05) is 40.4 Å². The Labute approximate surface area is 146 Å². The number of hydrogen-bond donors (Lipinski definition) is 0. The molecule has 2 saturated heterocycles. The van der Waals surface area contributed by atoms with E-state index in [1.165, 1.54) is 57.4 Å². The van der Waals surface area contributed by atoms with E-state index in [1.54, 1.807) is 14.2 Å². The number of nitrogens with zero attached hydrogens (tertiary/aromatic N) is 2. The number of piperidine rings is 2. The maximum absolute atomic E-state index is 5.52. The number of rotatable bonds is 5.